The van der Waals surface area contributed by atoms with E-state index in [9.17, 15) is 13.2 Å². The van der Waals surface area contributed by atoms with Gasteiger partial charge in [0, 0.05) is 48.9 Å². The van der Waals surface area contributed by atoms with Crippen molar-refractivity contribution < 1.29 is 22.1 Å². The lowest BCUT2D eigenvalue weighted by molar-refractivity contribution is -0.137. The Labute approximate surface area is 204 Å². The first-order valence-electron chi connectivity index (χ1n) is 11.8. The van der Waals surface area contributed by atoms with Gasteiger partial charge < -0.3 is 18.7 Å². The standard InChI is InChI=1S/C26H38N2O5S/c1-8-20(6)28(26(29)19(4)5)18-21-11-12-22(27(9-2)10-3)17-25(21)33-34(30,31)24-15-13-23(32-7)14-16-24/h11-17,19-20H,8-10,18H2,1-7H3/t20-/m0/s1. The Morgan fingerprint density at radius 1 is 0.971 bits per heavy atom. The highest BCUT2D eigenvalue weighted by molar-refractivity contribution is 7.87. The van der Waals surface area contributed by atoms with Crippen LogP contribution in [0.1, 0.15) is 53.5 Å². The number of hydrogen-bond donors (Lipinski definition) is 0. The van der Waals surface area contributed by atoms with Gasteiger partial charge in [0.15, 0.2) is 0 Å². The summed E-state index contributed by atoms with van der Waals surface area (Å²) in [5.74, 6) is 0.632. The van der Waals surface area contributed by atoms with E-state index >= 15 is 0 Å². The molecule has 0 saturated carbocycles. The van der Waals surface area contributed by atoms with Gasteiger partial charge in [-0.2, -0.15) is 8.42 Å². The number of amides is 1. The quantitative estimate of drug-likeness (QED) is 0.386. The van der Waals surface area contributed by atoms with E-state index in [1.165, 1.54) is 19.2 Å². The topological polar surface area (TPSA) is 76.2 Å². The normalized spacial score (nSPS) is 12.4. The van der Waals surface area contributed by atoms with Crippen LogP contribution in [0, 0.1) is 5.92 Å². The first-order valence-corrected chi connectivity index (χ1v) is 13.3. The number of hydrogen-bond acceptors (Lipinski definition) is 6. The predicted molar refractivity (Wildman–Crippen MR) is 136 cm³/mol. The summed E-state index contributed by atoms with van der Waals surface area (Å²) in [7, 11) is -2.57. The second-order valence-electron chi connectivity index (χ2n) is 8.56. The highest BCUT2D eigenvalue weighted by Gasteiger charge is 2.25. The molecule has 0 spiro atoms. The van der Waals surface area contributed by atoms with E-state index in [1.807, 2.05) is 53.7 Å². The van der Waals surface area contributed by atoms with Gasteiger partial charge in [-0.15, -0.1) is 0 Å². The van der Waals surface area contributed by atoms with Crippen molar-refractivity contribution in [3.63, 3.8) is 0 Å². The molecule has 0 bridgehead atoms. The number of nitrogens with zero attached hydrogens (tertiary/aromatic N) is 2. The molecule has 0 radical (unpaired) electrons. The molecule has 0 saturated heterocycles. The van der Waals surface area contributed by atoms with E-state index in [0.29, 0.717) is 11.3 Å². The molecule has 0 heterocycles. The number of carbonyl (C=O) groups is 1. The van der Waals surface area contributed by atoms with Crippen LogP contribution >= 0.6 is 0 Å². The van der Waals surface area contributed by atoms with Gasteiger partial charge in [0.05, 0.1) is 7.11 Å². The second kappa shape index (κ2) is 12.1. The van der Waals surface area contributed by atoms with Crippen molar-refractivity contribution in [3.05, 3.63) is 48.0 Å². The predicted octanol–water partition coefficient (Wildman–Crippen LogP) is 5.09. The van der Waals surface area contributed by atoms with Crippen molar-refractivity contribution in [2.24, 2.45) is 5.92 Å². The highest BCUT2D eigenvalue weighted by atomic mass is 32.2. The van der Waals surface area contributed by atoms with Crippen LogP contribution in [0.15, 0.2) is 47.4 Å². The first-order chi connectivity index (χ1) is 16.1. The Morgan fingerprint density at radius 2 is 1.59 bits per heavy atom. The third-order valence-corrected chi connectivity index (χ3v) is 7.22. The Balaban J connectivity index is 2.53. The molecule has 34 heavy (non-hydrogen) atoms. The van der Waals surface area contributed by atoms with Crippen LogP contribution in [0.25, 0.3) is 0 Å². The SMILES string of the molecule is CC[C@H](C)N(Cc1ccc(N(CC)CC)cc1OS(=O)(=O)c1ccc(OC)cc1)C(=O)C(C)C. The van der Waals surface area contributed by atoms with Crippen molar-refractivity contribution in [1.82, 2.24) is 4.90 Å². The average Bonchev–Trinajstić information content (AvgIpc) is 2.83. The molecule has 1 amide bonds. The minimum absolute atomic E-state index is 0.00315. The Kier molecular flexibility index (Phi) is 9.79. The van der Waals surface area contributed by atoms with Gasteiger partial charge in [-0.25, -0.2) is 0 Å². The minimum atomic E-state index is -4.09. The summed E-state index contributed by atoms with van der Waals surface area (Å²) < 4.78 is 37.1. The van der Waals surface area contributed by atoms with Crippen LogP contribution in [0.3, 0.4) is 0 Å². The Hall–Kier alpha value is -2.74. The van der Waals surface area contributed by atoms with Crippen molar-refractivity contribution in [2.75, 3.05) is 25.1 Å². The molecule has 0 aromatic heterocycles. The fourth-order valence-corrected chi connectivity index (χ4v) is 4.59. The van der Waals surface area contributed by atoms with Crippen molar-refractivity contribution in [1.29, 1.82) is 0 Å². The van der Waals surface area contributed by atoms with Gasteiger partial charge in [0.2, 0.25) is 5.91 Å². The van der Waals surface area contributed by atoms with E-state index in [0.717, 1.165) is 25.2 Å². The fraction of sp³-hybridized carbons (Fsp3) is 0.500. The number of benzene rings is 2. The summed E-state index contributed by atoms with van der Waals surface area (Å²) in [5.41, 5.74) is 1.50. The fourth-order valence-electron chi connectivity index (χ4n) is 3.63. The van der Waals surface area contributed by atoms with Crippen LogP contribution < -0.4 is 13.8 Å². The zero-order valence-corrected chi connectivity index (χ0v) is 22.2. The smallest absolute Gasteiger partial charge is 0.339 e. The maximum absolute atomic E-state index is 13.1. The maximum atomic E-state index is 13.1. The van der Waals surface area contributed by atoms with E-state index < -0.39 is 10.1 Å². The molecule has 2 rings (SSSR count). The molecule has 188 valence electrons. The first kappa shape index (κ1) is 27.5. The summed E-state index contributed by atoms with van der Waals surface area (Å²) in [6, 6.07) is 11.6. The molecule has 0 aliphatic heterocycles. The van der Waals surface area contributed by atoms with E-state index in [-0.39, 0.29) is 35.1 Å². The van der Waals surface area contributed by atoms with Crippen molar-refractivity contribution >= 4 is 21.7 Å². The van der Waals surface area contributed by atoms with Crippen LogP contribution in [0.2, 0.25) is 0 Å². The molecular formula is C26H38N2O5S. The molecular weight excluding hydrogens is 452 g/mol. The van der Waals surface area contributed by atoms with Gasteiger partial charge in [-0.1, -0.05) is 26.8 Å². The third-order valence-electron chi connectivity index (χ3n) is 5.97. The summed E-state index contributed by atoms with van der Waals surface area (Å²) in [5, 5.41) is 0. The molecule has 7 nitrogen and oxygen atoms in total. The number of rotatable bonds is 12. The van der Waals surface area contributed by atoms with Crippen molar-refractivity contribution in [3.8, 4) is 11.5 Å². The van der Waals surface area contributed by atoms with Gasteiger partial charge in [-0.05, 0) is 57.5 Å². The molecule has 0 unspecified atom stereocenters. The molecule has 2 aromatic rings. The molecule has 0 aliphatic carbocycles. The molecule has 0 fully saturated rings. The number of ether oxygens (including phenoxy) is 1. The number of anilines is 1. The van der Waals surface area contributed by atoms with Gasteiger partial charge in [0.1, 0.15) is 16.4 Å². The number of carbonyl (C=O) groups excluding carboxylic acids is 1. The summed E-state index contributed by atoms with van der Waals surface area (Å²) in [6.45, 7) is 13.6. The zero-order chi connectivity index (χ0) is 25.5. The van der Waals surface area contributed by atoms with Gasteiger partial charge >= 0.3 is 10.1 Å². The lowest BCUT2D eigenvalue weighted by Crippen LogP contribution is -2.40. The number of methoxy groups -OCH3 is 1. The summed E-state index contributed by atoms with van der Waals surface area (Å²) in [6.07, 6.45) is 0.788. The lowest BCUT2D eigenvalue weighted by Gasteiger charge is -2.31. The highest BCUT2D eigenvalue weighted by Crippen LogP contribution is 2.31. The maximum Gasteiger partial charge on any atom is 0.339 e. The van der Waals surface area contributed by atoms with E-state index in [1.54, 1.807) is 23.1 Å². The van der Waals surface area contributed by atoms with Gasteiger partial charge in [0.25, 0.3) is 0 Å². The van der Waals surface area contributed by atoms with Gasteiger partial charge in [-0.3, -0.25) is 4.79 Å². The van der Waals surface area contributed by atoms with Crippen LogP contribution in [0.5, 0.6) is 11.5 Å². The molecule has 0 N–H and O–H groups in total. The zero-order valence-electron chi connectivity index (χ0n) is 21.4. The van der Waals surface area contributed by atoms with Crippen molar-refractivity contribution in [2.45, 2.75) is 65.4 Å². The van der Waals surface area contributed by atoms with Crippen LogP contribution in [-0.2, 0) is 21.5 Å². The van der Waals surface area contributed by atoms with Crippen LogP contribution in [0.4, 0.5) is 5.69 Å². The molecule has 0 aliphatic rings. The largest absolute Gasteiger partial charge is 0.497 e. The van der Waals surface area contributed by atoms with E-state index in [2.05, 4.69) is 4.90 Å². The lowest BCUT2D eigenvalue weighted by atomic mass is 10.1. The molecule has 2 aromatic carbocycles. The third kappa shape index (κ3) is 6.65. The van der Waals surface area contributed by atoms with Crippen LogP contribution in [-0.4, -0.2) is 45.5 Å². The summed E-state index contributed by atoms with van der Waals surface area (Å²) in [4.78, 5) is 16.9. The van der Waals surface area contributed by atoms with E-state index in [4.69, 9.17) is 8.92 Å². The Morgan fingerprint density at radius 3 is 2.09 bits per heavy atom. The second-order valence-corrected chi connectivity index (χ2v) is 10.1. The Bertz CT molecular complexity index is 1050. The monoisotopic (exact) mass is 490 g/mol. The molecule has 8 heteroatoms. The summed E-state index contributed by atoms with van der Waals surface area (Å²) >= 11 is 0. The molecule has 1 atom stereocenters. The minimum Gasteiger partial charge on any atom is -0.497 e. The average molecular weight is 491 g/mol.